The Hall–Kier alpha value is -1.82. The molecule has 138 valence electrons. The molecular formula is C19H25F3N2O. The fraction of sp³-hybridized carbons (Fsp3) is 0.526. The molecule has 1 heterocycles. The molecule has 0 spiro atoms. The summed E-state index contributed by atoms with van der Waals surface area (Å²) in [5.41, 5.74) is 1.01. The average molecular weight is 354 g/mol. The minimum atomic E-state index is -4.37. The highest BCUT2D eigenvalue weighted by Gasteiger charge is 2.34. The molecule has 0 aromatic heterocycles. The average Bonchev–Trinajstić information content (AvgIpc) is 2.58. The van der Waals surface area contributed by atoms with E-state index in [1.54, 1.807) is 23.1 Å². The second-order valence-electron chi connectivity index (χ2n) is 6.60. The Balaban J connectivity index is 2.17. The molecule has 0 radical (unpaired) electrons. The van der Waals surface area contributed by atoms with Crippen LogP contribution in [0.5, 0.6) is 0 Å². The Bertz CT molecular complexity index is 651. The van der Waals surface area contributed by atoms with Gasteiger partial charge in [-0.2, -0.15) is 13.2 Å². The summed E-state index contributed by atoms with van der Waals surface area (Å²) in [5.74, 6) is 0.0429. The first-order valence-electron chi connectivity index (χ1n) is 8.54. The van der Waals surface area contributed by atoms with Crippen LogP contribution in [0.25, 0.3) is 5.57 Å². The molecule has 2 rings (SSSR count). The van der Waals surface area contributed by atoms with Crippen molar-refractivity contribution in [1.29, 1.82) is 0 Å². The van der Waals surface area contributed by atoms with E-state index in [1.807, 2.05) is 25.9 Å². The van der Waals surface area contributed by atoms with Crippen molar-refractivity contribution >= 4 is 11.5 Å². The molecule has 0 atom stereocenters. The summed E-state index contributed by atoms with van der Waals surface area (Å²) in [6.07, 6.45) is -1.18. The van der Waals surface area contributed by atoms with Gasteiger partial charge in [0, 0.05) is 26.1 Å². The maximum absolute atomic E-state index is 13.4. The molecular weight excluding hydrogens is 329 g/mol. The molecule has 1 aliphatic rings. The predicted molar refractivity (Wildman–Crippen MR) is 93.2 cm³/mol. The Morgan fingerprint density at radius 1 is 1.28 bits per heavy atom. The molecule has 1 amide bonds. The second kappa shape index (κ2) is 8.04. The number of carbonyl (C=O) groups excluding carboxylic acids is 1. The van der Waals surface area contributed by atoms with Crippen LogP contribution in [0.2, 0.25) is 0 Å². The standard InChI is InChI=1S/C19H25F3N2O/c1-4-14-5-6-16(17(13-14)19(20,21)22)15-7-11-24(12-8-15)18(25)9-10-23(2)3/h5-7,13H,4,8-12H2,1-3H3. The Labute approximate surface area is 147 Å². The maximum Gasteiger partial charge on any atom is 0.417 e. The van der Waals surface area contributed by atoms with E-state index in [4.69, 9.17) is 0 Å². The molecule has 0 fully saturated rings. The summed E-state index contributed by atoms with van der Waals surface area (Å²) < 4.78 is 40.2. The van der Waals surface area contributed by atoms with E-state index in [0.29, 0.717) is 50.0 Å². The largest absolute Gasteiger partial charge is 0.417 e. The number of benzene rings is 1. The summed E-state index contributed by atoms with van der Waals surface area (Å²) in [6, 6.07) is 4.56. The fourth-order valence-electron chi connectivity index (χ4n) is 2.94. The number of halogens is 3. The van der Waals surface area contributed by atoms with Crippen LogP contribution in [0.4, 0.5) is 13.2 Å². The van der Waals surface area contributed by atoms with Gasteiger partial charge in [0.1, 0.15) is 0 Å². The highest BCUT2D eigenvalue weighted by atomic mass is 19.4. The number of rotatable bonds is 5. The molecule has 1 aliphatic heterocycles. The van der Waals surface area contributed by atoms with Gasteiger partial charge in [0.05, 0.1) is 5.56 Å². The van der Waals surface area contributed by atoms with Crippen LogP contribution in [0.1, 0.15) is 36.5 Å². The summed E-state index contributed by atoms with van der Waals surface area (Å²) in [6.45, 7) is 3.34. The van der Waals surface area contributed by atoms with Gasteiger partial charge in [-0.25, -0.2) is 0 Å². The quantitative estimate of drug-likeness (QED) is 0.802. The van der Waals surface area contributed by atoms with Crippen LogP contribution in [0.3, 0.4) is 0 Å². The topological polar surface area (TPSA) is 23.6 Å². The number of amides is 1. The Kier molecular flexibility index (Phi) is 6.27. The highest BCUT2D eigenvalue weighted by Crippen LogP contribution is 2.37. The molecule has 0 unspecified atom stereocenters. The van der Waals surface area contributed by atoms with E-state index in [-0.39, 0.29) is 11.5 Å². The van der Waals surface area contributed by atoms with Crippen molar-refractivity contribution < 1.29 is 18.0 Å². The summed E-state index contributed by atoms with van der Waals surface area (Å²) in [5, 5.41) is 0. The van der Waals surface area contributed by atoms with Crippen molar-refractivity contribution in [1.82, 2.24) is 9.80 Å². The first kappa shape index (κ1) is 19.5. The second-order valence-corrected chi connectivity index (χ2v) is 6.60. The van der Waals surface area contributed by atoms with Crippen molar-refractivity contribution in [2.75, 3.05) is 33.7 Å². The van der Waals surface area contributed by atoms with Gasteiger partial charge in [-0.3, -0.25) is 4.79 Å². The SMILES string of the molecule is CCc1ccc(C2=CCN(C(=O)CCN(C)C)CC2)c(C(F)(F)F)c1. The molecule has 1 aromatic rings. The van der Waals surface area contributed by atoms with E-state index >= 15 is 0 Å². The minimum Gasteiger partial charge on any atom is -0.339 e. The molecule has 6 heteroatoms. The van der Waals surface area contributed by atoms with Crippen LogP contribution in [-0.4, -0.2) is 49.4 Å². The van der Waals surface area contributed by atoms with Crippen LogP contribution in [0, 0.1) is 0 Å². The molecule has 0 saturated heterocycles. The van der Waals surface area contributed by atoms with Crippen LogP contribution in [0.15, 0.2) is 24.3 Å². The summed E-state index contributed by atoms with van der Waals surface area (Å²) in [4.78, 5) is 15.8. The van der Waals surface area contributed by atoms with Gasteiger partial charge < -0.3 is 9.80 Å². The van der Waals surface area contributed by atoms with Crippen molar-refractivity contribution in [3.63, 3.8) is 0 Å². The van der Waals surface area contributed by atoms with Crippen molar-refractivity contribution in [3.8, 4) is 0 Å². The Morgan fingerprint density at radius 2 is 2.00 bits per heavy atom. The number of nitrogens with zero attached hydrogens (tertiary/aromatic N) is 2. The lowest BCUT2D eigenvalue weighted by molar-refractivity contribution is -0.138. The number of alkyl halides is 3. The van der Waals surface area contributed by atoms with Crippen LogP contribution < -0.4 is 0 Å². The third kappa shape index (κ3) is 5.08. The molecule has 25 heavy (non-hydrogen) atoms. The number of hydrogen-bond acceptors (Lipinski definition) is 2. The first-order chi connectivity index (χ1) is 11.7. The normalized spacial score (nSPS) is 15.5. The molecule has 0 saturated carbocycles. The summed E-state index contributed by atoms with van der Waals surface area (Å²) in [7, 11) is 3.81. The van der Waals surface area contributed by atoms with Gasteiger partial charge in [0.25, 0.3) is 0 Å². The van der Waals surface area contributed by atoms with Crippen molar-refractivity contribution in [2.24, 2.45) is 0 Å². The monoisotopic (exact) mass is 354 g/mol. The maximum atomic E-state index is 13.4. The number of hydrogen-bond donors (Lipinski definition) is 0. The fourth-order valence-corrected chi connectivity index (χ4v) is 2.94. The zero-order valence-corrected chi connectivity index (χ0v) is 15.0. The van der Waals surface area contributed by atoms with Crippen molar-refractivity contribution in [3.05, 3.63) is 41.0 Å². The van der Waals surface area contributed by atoms with Crippen LogP contribution in [-0.2, 0) is 17.4 Å². The van der Waals surface area contributed by atoms with Gasteiger partial charge in [0.2, 0.25) is 5.91 Å². The van der Waals surface area contributed by atoms with E-state index in [9.17, 15) is 18.0 Å². The molecule has 1 aromatic carbocycles. The van der Waals surface area contributed by atoms with Gasteiger partial charge >= 0.3 is 6.18 Å². The van der Waals surface area contributed by atoms with E-state index in [1.165, 1.54) is 6.07 Å². The molecule has 0 bridgehead atoms. The number of aryl methyl sites for hydroxylation is 1. The van der Waals surface area contributed by atoms with Gasteiger partial charge in [0.15, 0.2) is 0 Å². The number of carbonyl (C=O) groups is 1. The van der Waals surface area contributed by atoms with Gasteiger partial charge in [-0.15, -0.1) is 0 Å². The highest BCUT2D eigenvalue weighted by molar-refractivity contribution is 5.79. The lowest BCUT2D eigenvalue weighted by Crippen LogP contribution is -2.36. The van der Waals surface area contributed by atoms with Crippen molar-refractivity contribution in [2.45, 2.75) is 32.4 Å². The Morgan fingerprint density at radius 3 is 2.52 bits per heavy atom. The molecule has 0 aliphatic carbocycles. The molecule has 3 nitrogen and oxygen atoms in total. The van der Waals surface area contributed by atoms with Gasteiger partial charge in [-0.05, 0) is 49.7 Å². The lowest BCUT2D eigenvalue weighted by Gasteiger charge is -2.28. The van der Waals surface area contributed by atoms with E-state index in [2.05, 4.69) is 0 Å². The zero-order chi connectivity index (χ0) is 18.6. The lowest BCUT2D eigenvalue weighted by atomic mass is 9.92. The van der Waals surface area contributed by atoms with Gasteiger partial charge in [-0.1, -0.05) is 25.1 Å². The first-order valence-corrected chi connectivity index (χ1v) is 8.54. The summed E-state index contributed by atoms with van der Waals surface area (Å²) >= 11 is 0. The van der Waals surface area contributed by atoms with E-state index in [0.717, 1.165) is 0 Å². The van der Waals surface area contributed by atoms with Crippen LogP contribution >= 0.6 is 0 Å². The third-order valence-electron chi connectivity index (χ3n) is 4.48. The zero-order valence-electron chi connectivity index (χ0n) is 15.0. The predicted octanol–water partition coefficient (Wildman–Crippen LogP) is 3.84. The van der Waals surface area contributed by atoms with E-state index < -0.39 is 11.7 Å². The third-order valence-corrected chi connectivity index (χ3v) is 4.48. The molecule has 0 N–H and O–H groups in total. The minimum absolute atomic E-state index is 0.0429. The smallest absolute Gasteiger partial charge is 0.339 e.